The van der Waals surface area contributed by atoms with Crippen LogP contribution in [0.4, 0.5) is 4.79 Å². The Morgan fingerprint density at radius 1 is 1.50 bits per heavy atom. The SMILES string of the molecule is C=COC(=O)C(C)OC(=O)OC. The summed E-state index contributed by atoms with van der Waals surface area (Å²) in [5.74, 6) is -0.699. The Labute approximate surface area is 69.9 Å². The first-order chi connectivity index (χ1) is 5.61. The zero-order chi connectivity index (χ0) is 9.56. The molecule has 5 heteroatoms. The van der Waals surface area contributed by atoms with Gasteiger partial charge in [0.2, 0.25) is 0 Å². The lowest BCUT2D eigenvalue weighted by Gasteiger charge is -2.08. The van der Waals surface area contributed by atoms with Crippen LogP contribution in [0.2, 0.25) is 0 Å². The molecule has 0 rings (SSSR count). The van der Waals surface area contributed by atoms with Crippen molar-refractivity contribution >= 4 is 12.1 Å². The number of hydrogen-bond acceptors (Lipinski definition) is 5. The molecule has 0 aromatic heterocycles. The smallest absolute Gasteiger partial charge is 0.438 e. The lowest BCUT2D eigenvalue weighted by Crippen LogP contribution is -2.24. The van der Waals surface area contributed by atoms with Crippen molar-refractivity contribution in [1.82, 2.24) is 0 Å². The van der Waals surface area contributed by atoms with Crippen LogP contribution in [0.15, 0.2) is 12.8 Å². The Bertz CT molecular complexity index is 186. The van der Waals surface area contributed by atoms with Gasteiger partial charge in [0.15, 0.2) is 6.10 Å². The third-order valence-electron chi connectivity index (χ3n) is 0.971. The van der Waals surface area contributed by atoms with Gasteiger partial charge in [-0.3, -0.25) is 0 Å². The third kappa shape index (κ3) is 3.60. The summed E-state index contributed by atoms with van der Waals surface area (Å²) < 4.78 is 12.9. The van der Waals surface area contributed by atoms with E-state index in [2.05, 4.69) is 20.8 Å². The van der Waals surface area contributed by atoms with Gasteiger partial charge in [-0.05, 0) is 6.92 Å². The molecular weight excluding hydrogens is 164 g/mol. The molecule has 0 bridgehead atoms. The standard InChI is InChI=1S/C7H10O5/c1-4-11-6(8)5(2)12-7(9)10-3/h4-5H,1H2,2-3H3. The van der Waals surface area contributed by atoms with E-state index in [-0.39, 0.29) is 0 Å². The van der Waals surface area contributed by atoms with Crippen molar-refractivity contribution in [2.75, 3.05) is 7.11 Å². The van der Waals surface area contributed by atoms with Gasteiger partial charge < -0.3 is 14.2 Å². The van der Waals surface area contributed by atoms with E-state index >= 15 is 0 Å². The number of methoxy groups -OCH3 is 1. The highest BCUT2D eigenvalue weighted by Crippen LogP contribution is 1.96. The van der Waals surface area contributed by atoms with Gasteiger partial charge in [-0.2, -0.15) is 0 Å². The molecule has 0 aliphatic heterocycles. The maximum Gasteiger partial charge on any atom is 0.508 e. The second kappa shape index (κ2) is 5.17. The third-order valence-corrected chi connectivity index (χ3v) is 0.971. The first kappa shape index (κ1) is 10.5. The van der Waals surface area contributed by atoms with Crippen LogP contribution >= 0.6 is 0 Å². The molecule has 68 valence electrons. The number of hydrogen-bond donors (Lipinski definition) is 0. The summed E-state index contributed by atoms with van der Waals surface area (Å²) in [6.45, 7) is 4.53. The van der Waals surface area contributed by atoms with E-state index in [4.69, 9.17) is 0 Å². The Balaban J connectivity index is 3.85. The minimum absolute atomic E-state index is 0.699. The van der Waals surface area contributed by atoms with Crippen molar-refractivity contribution in [2.24, 2.45) is 0 Å². The first-order valence-corrected chi connectivity index (χ1v) is 3.17. The molecule has 0 fully saturated rings. The minimum Gasteiger partial charge on any atom is -0.438 e. The first-order valence-electron chi connectivity index (χ1n) is 3.17. The van der Waals surface area contributed by atoms with Gasteiger partial charge in [0.1, 0.15) is 0 Å². The summed E-state index contributed by atoms with van der Waals surface area (Å²) in [6, 6.07) is 0. The van der Waals surface area contributed by atoms with Crippen LogP contribution < -0.4 is 0 Å². The second-order valence-corrected chi connectivity index (χ2v) is 1.82. The van der Waals surface area contributed by atoms with Gasteiger partial charge in [-0.15, -0.1) is 0 Å². The highest BCUT2D eigenvalue weighted by atomic mass is 16.7. The molecule has 0 radical (unpaired) electrons. The highest BCUT2D eigenvalue weighted by molar-refractivity contribution is 5.77. The van der Waals surface area contributed by atoms with Gasteiger partial charge in [-0.1, -0.05) is 6.58 Å². The quantitative estimate of drug-likeness (QED) is 0.468. The fourth-order valence-corrected chi connectivity index (χ4v) is 0.419. The molecule has 1 unspecified atom stereocenters. The number of carbonyl (C=O) groups is 2. The Hall–Kier alpha value is -1.52. The topological polar surface area (TPSA) is 61.8 Å². The largest absolute Gasteiger partial charge is 0.508 e. The number of ether oxygens (including phenoxy) is 3. The monoisotopic (exact) mass is 174 g/mol. The lowest BCUT2D eigenvalue weighted by atomic mass is 10.4. The molecule has 0 aromatic carbocycles. The number of carbonyl (C=O) groups excluding carboxylic acids is 2. The zero-order valence-corrected chi connectivity index (χ0v) is 6.90. The van der Waals surface area contributed by atoms with Gasteiger partial charge in [0.25, 0.3) is 0 Å². The van der Waals surface area contributed by atoms with Gasteiger partial charge >= 0.3 is 12.1 Å². The summed E-state index contributed by atoms with van der Waals surface area (Å²) in [5, 5.41) is 0. The van der Waals surface area contributed by atoms with Crippen molar-refractivity contribution < 1.29 is 23.8 Å². The van der Waals surface area contributed by atoms with Gasteiger partial charge in [-0.25, -0.2) is 9.59 Å². The van der Waals surface area contributed by atoms with E-state index in [1.165, 1.54) is 6.92 Å². The van der Waals surface area contributed by atoms with E-state index in [0.29, 0.717) is 0 Å². The molecule has 0 aliphatic carbocycles. The van der Waals surface area contributed by atoms with Crippen LogP contribution in [0.25, 0.3) is 0 Å². The summed E-state index contributed by atoms with van der Waals surface area (Å²) in [6.07, 6.45) is -0.960. The molecular formula is C7H10O5. The van der Waals surface area contributed by atoms with E-state index in [1.807, 2.05) is 0 Å². The zero-order valence-electron chi connectivity index (χ0n) is 6.90. The molecule has 0 amide bonds. The second-order valence-electron chi connectivity index (χ2n) is 1.82. The predicted octanol–water partition coefficient (Wildman–Crippen LogP) is 0.845. The van der Waals surface area contributed by atoms with Crippen LogP contribution in [-0.2, 0) is 19.0 Å². The summed E-state index contributed by atoms with van der Waals surface area (Å²) >= 11 is 0. The van der Waals surface area contributed by atoms with Crippen LogP contribution in [0.1, 0.15) is 6.92 Å². The maximum atomic E-state index is 10.8. The molecule has 0 aliphatic rings. The van der Waals surface area contributed by atoms with Crippen LogP contribution in [-0.4, -0.2) is 25.3 Å². The average Bonchev–Trinajstić information content (AvgIpc) is 2.04. The van der Waals surface area contributed by atoms with Crippen LogP contribution in [0.5, 0.6) is 0 Å². The molecule has 0 aromatic rings. The van der Waals surface area contributed by atoms with E-state index in [0.717, 1.165) is 13.4 Å². The highest BCUT2D eigenvalue weighted by Gasteiger charge is 2.18. The average molecular weight is 174 g/mol. The minimum atomic E-state index is -0.990. The normalized spacial score (nSPS) is 11.2. The molecule has 0 heterocycles. The summed E-state index contributed by atoms with van der Waals surface area (Å²) in [5.41, 5.74) is 0. The Kier molecular flexibility index (Phi) is 4.52. The molecule has 0 spiro atoms. The van der Waals surface area contributed by atoms with Gasteiger partial charge in [0, 0.05) is 0 Å². The van der Waals surface area contributed by atoms with Crippen molar-refractivity contribution in [1.29, 1.82) is 0 Å². The van der Waals surface area contributed by atoms with Crippen LogP contribution in [0.3, 0.4) is 0 Å². The molecule has 5 nitrogen and oxygen atoms in total. The van der Waals surface area contributed by atoms with E-state index < -0.39 is 18.2 Å². The predicted molar refractivity (Wildman–Crippen MR) is 39.2 cm³/mol. The van der Waals surface area contributed by atoms with E-state index in [9.17, 15) is 9.59 Å². The Morgan fingerprint density at radius 3 is 2.50 bits per heavy atom. The number of rotatable bonds is 3. The molecule has 0 saturated carbocycles. The number of esters is 1. The van der Waals surface area contributed by atoms with Crippen molar-refractivity contribution in [2.45, 2.75) is 13.0 Å². The van der Waals surface area contributed by atoms with Crippen LogP contribution in [0, 0.1) is 0 Å². The summed E-state index contributed by atoms with van der Waals surface area (Å²) in [7, 11) is 1.15. The van der Waals surface area contributed by atoms with Crippen molar-refractivity contribution in [3.8, 4) is 0 Å². The fraction of sp³-hybridized carbons (Fsp3) is 0.429. The Morgan fingerprint density at radius 2 is 2.08 bits per heavy atom. The molecule has 1 atom stereocenters. The lowest BCUT2D eigenvalue weighted by molar-refractivity contribution is -0.147. The summed E-state index contributed by atoms with van der Waals surface area (Å²) in [4.78, 5) is 21.2. The maximum absolute atomic E-state index is 10.8. The molecule has 12 heavy (non-hydrogen) atoms. The molecule has 0 N–H and O–H groups in total. The fourth-order valence-electron chi connectivity index (χ4n) is 0.419. The molecule has 0 saturated heterocycles. The van der Waals surface area contributed by atoms with Crippen molar-refractivity contribution in [3.63, 3.8) is 0 Å². The van der Waals surface area contributed by atoms with Gasteiger partial charge in [0.05, 0.1) is 13.4 Å². The van der Waals surface area contributed by atoms with E-state index in [1.54, 1.807) is 0 Å². The van der Waals surface area contributed by atoms with Crippen molar-refractivity contribution in [3.05, 3.63) is 12.8 Å².